The van der Waals surface area contributed by atoms with E-state index in [2.05, 4.69) is 28.8 Å². The summed E-state index contributed by atoms with van der Waals surface area (Å²) in [6, 6.07) is 1.72. The molecule has 0 aromatic heterocycles. The van der Waals surface area contributed by atoms with Gasteiger partial charge in [-0.2, -0.15) is 0 Å². The predicted molar refractivity (Wildman–Crippen MR) is 89.7 cm³/mol. The van der Waals surface area contributed by atoms with Crippen LogP contribution < -0.4 is 0 Å². The van der Waals surface area contributed by atoms with Crippen molar-refractivity contribution >= 4 is 0 Å². The first-order chi connectivity index (χ1) is 10.2. The molecule has 3 fully saturated rings. The SMILES string of the molecule is CN(C)C1CCC(N2CCN(CC3CCCC3)CC2)CC1. The minimum Gasteiger partial charge on any atom is -0.306 e. The summed E-state index contributed by atoms with van der Waals surface area (Å²) >= 11 is 0. The minimum absolute atomic E-state index is 0.838. The molecule has 3 nitrogen and oxygen atoms in total. The van der Waals surface area contributed by atoms with E-state index in [1.54, 1.807) is 0 Å². The Morgan fingerprint density at radius 2 is 1.43 bits per heavy atom. The number of hydrogen-bond acceptors (Lipinski definition) is 3. The van der Waals surface area contributed by atoms with Crippen LogP contribution in [-0.4, -0.2) is 73.6 Å². The molecule has 0 spiro atoms. The lowest BCUT2D eigenvalue weighted by Gasteiger charge is -2.43. The Morgan fingerprint density at radius 1 is 0.810 bits per heavy atom. The molecule has 122 valence electrons. The van der Waals surface area contributed by atoms with Crippen molar-refractivity contribution in [2.45, 2.75) is 63.5 Å². The Bertz CT molecular complexity index is 296. The Hall–Kier alpha value is -0.120. The largest absolute Gasteiger partial charge is 0.306 e. The van der Waals surface area contributed by atoms with Crippen molar-refractivity contribution in [1.29, 1.82) is 0 Å². The van der Waals surface area contributed by atoms with E-state index in [1.165, 1.54) is 84.1 Å². The topological polar surface area (TPSA) is 9.72 Å². The fourth-order valence-electron chi connectivity index (χ4n) is 4.81. The second-order valence-corrected chi connectivity index (χ2v) is 7.91. The highest BCUT2D eigenvalue weighted by Gasteiger charge is 2.29. The summed E-state index contributed by atoms with van der Waals surface area (Å²) in [4.78, 5) is 7.98. The van der Waals surface area contributed by atoms with Gasteiger partial charge in [-0.05, 0) is 58.5 Å². The molecule has 3 aliphatic rings. The summed E-state index contributed by atoms with van der Waals surface area (Å²) in [5.41, 5.74) is 0. The van der Waals surface area contributed by atoms with Gasteiger partial charge in [0.1, 0.15) is 0 Å². The zero-order chi connectivity index (χ0) is 14.7. The molecule has 0 aromatic rings. The van der Waals surface area contributed by atoms with Gasteiger partial charge in [0.2, 0.25) is 0 Å². The molecular weight excluding hydrogens is 258 g/mol. The van der Waals surface area contributed by atoms with E-state index in [1.807, 2.05) is 0 Å². The van der Waals surface area contributed by atoms with E-state index in [-0.39, 0.29) is 0 Å². The molecule has 0 unspecified atom stereocenters. The quantitative estimate of drug-likeness (QED) is 0.789. The van der Waals surface area contributed by atoms with Gasteiger partial charge in [-0.3, -0.25) is 4.90 Å². The van der Waals surface area contributed by atoms with E-state index in [9.17, 15) is 0 Å². The van der Waals surface area contributed by atoms with Crippen LogP contribution in [0, 0.1) is 5.92 Å². The third kappa shape index (κ3) is 4.20. The van der Waals surface area contributed by atoms with E-state index in [0.717, 1.165) is 18.0 Å². The maximum absolute atomic E-state index is 2.80. The molecule has 3 heteroatoms. The third-order valence-corrected chi connectivity index (χ3v) is 6.31. The van der Waals surface area contributed by atoms with Crippen LogP contribution in [-0.2, 0) is 0 Å². The van der Waals surface area contributed by atoms with Gasteiger partial charge >= 0.3 is 0 Å². The standard InChI is InChI=1S/C18H35N3/c1-19(2)17-7-9-18(10-8-17)21-13-11-20(12-14-21)15-16-5-3-4-6-16/h16-18H,3-15H2,1-2H3. The molecule has 1 saturated heterocycles. The fraction of sp³-hybridized carbons (Fsp3) is 1.00. The van der Waals surface area contributed by atoms with Crippen LogP contribution in [0.15, 0.2) is 0 Å². The summed E-state index contributed by atoms with van der Waals surface area (Å²) in [6.07, 6.45) is 11.6. The number of piperazine rings is 1. The monoisotopic (exact) mass is 293 g/mol. The molecule has 0 amide bonds. The molecular formula is C18H35N3. The Kier molecular flexibility index (Phi) is 5.58. The number of nitrogens with zero attached hydrogens (tertiary/aromatic N) is 3. The maximum atomic E-state index is 2.80. The van der Waals surface area contributed by atoms with Crippen molar-refractivity contribution in [2.75, 3.05) is 46.8 Å². The van der Waals surface area contributed by atoms with Gasteiger partial charge < -0.3 is 9.80 Å². The average molecular weight is 293 g/mol. The molecule has 0 atom stereocenters. The first kappa shape index (κ1) is 15.8. The van der Waals surface area contributed by atoms with Gasteiger partial charge in [-0.15, -0.1) is 0 Å². The van der Waals surface area contributed by atoms with Crippen LogP contribution in [0.25, 0.3) is 0 Å². The number of hydrogen-bond donors (Lipinski definition) is 0. The van der Waals surface area contributed by atoms with E-state index in [0.29, 0.717) is 0 Å². The van der Waals surface area contributed by atoms with Crippen molar-refractivity contribution in [1.82, 2.24) is 14.7 Å². The first-order valence-electron chi connectivity index (χ1n) is 9.35. The molecule has 2 aliphatic carbocycles. The molecule has 0 N–H and O–H groups in total. The van der Waals surface area contributed by atoms with Crippen molar-refractivity contribution in [2.24, 2.45) is 5.92 Å². The second kappa shape index (κ2) is 7.43. The fourth-order valence-corrected chi connectivity index (χ4v) is 4.81. The molecule has 2 saturated carbocycles. The van der Waals surface area contributed by atoms with Crippen LogP contribution in [0.3, 0.4) is 0 Å². The lowest BCUT2D eigenvalue weighted by atomic mass is 9.89. The number of rotatable bonds is 4. The molecule has 0 aromatic carbocycles. The lowest BCUT2D eigenvalue weighted by molar-refractivity contribution is 0.0587. The predicted octanol–water partition coefficient (Wildman–Crippen LogP) is 2.67. The van der Waals surface area contributed by atoms with Crippen LogP contribution in [0.4, 0.5) is 0 Å². The highest BCUT2D eigenvalue weighted by molar-refractivity contribution is 4.86. The minimum atomic E-state index is 0.838. The summed E-state index contributed by atoms with van der Waals surface area (Å²) in [6.45, 7) is 6.68. The van der Waals surface area contributed by atoms with Crippen LogP contribution in [0.2, 0.25) is 0 Å². The van der Waals surface area contributed by atoms with Gasteiger partial charge in [0, 0.05) is 44.8 Å². The third-order valence-electron chi connectivity index (χ3n) is 6.31. The molecule has 0 radical (unpaired) electrons. The van der Waals surface area contributed by atoms with Gasteiger partial charge in [0.15, 0.2) is 0 Å². The summed E-state index contributed by atoms with van der Waals surface area (Å²) < 4.78 is 0. The van der Waals surface area contributed by atoms with Crippen molar-refractivity contribution < 1.29 is 0 Å². The molecule has 1 aliphatic heterocycles. The average Bonchev–Trinajstić information content (AvgIpc) is 3.01. The van der Waals surface area contributed by atoms with Crippen LogP contribution >= 0.6 is 0 Å². The van der Waals surface area contributed by atoms with E-state index >= 15 is 0 Å². The van der Waals surface area contributed by atoms with Gasteiger partial charge in [0.05, 0.1) is 0 Å². The second-order valence-electron chi connectivity index (χ2n) is 7.91. The first-order valence-corrected chi connectivity index (χ1v) is 9.35. The normalized spacial score (nSPS) is 33.9. The van der Waals surface area contributed by atoms with Gasteiger partial charge in [-0.25, -0.2) is 0 Å². The van der Waals surface area contributed by atoms with Crippen molar-refractivity contribution in [3.05, 3.63) is 0 Å². The van der Waals surface area contributed by atoms with E-state index in [4.69, 9.17) is 0 Å². The summed E-state index contributed by atoms with van der Waals surface area (Å²) in [5.74, 6) is 1.02. The van der Waals surface area contributed by atoms with Crippen LogP contribution in [0.1, 0.15) is 51.4 Å². The van der Waals surface area contributed by atoms with Crippen molar-refractivity contribution in [3.63, 3.8) is 0 Å². The van der Waals surface area contributed by atoms with Gasteiger partial charge in [-0.1, -0.05) is 12.8 Å². The zero-order valence-electron chi connectivity index (χ0n) is 14.3. The smallest absolute Gasteiger partial charge is 0.0113 e. The maximum Gasteiger partial charge on any atom is 0.0113 e. The van der Waals surface area contributed by atoms with Gasteiger partial charge in [0.25, 0.3) is 0 Å². The Balaban J connectivity index is 1.37. The highest BCUT2D eigenvalue weighted by Crippen LogP contribution is 2.28. The molecule has 0 bridgehead atoms. The molecule has 1 heterocycles. The lowest BCUT2D eigenvalue weighted by Crippen LogP contribution is -2.52. The van der Waals surface area contributed by atoms with Crippen LogP contribution in [0.5, 0.6) is 0 Å². The zero-order valence-corrected chi connectivity index (χ0v) is 14.3. The molecule has 21 heavy (non-hydrogen) atoms. The highest BCUT2D eigenvalue weighted by atomic mass is 15.3. The molecule has 3 rings (SSSR count). The summed E-state index contributed by atoms with van der Waals surface area (Å²) in [5, 5.41) is 0. The summed E-state index contributed by atoms with van der Waals surface area (Å²) in [7, 11) is 4.49. The van der Waals surface area contributed by atoms with E-state index < -0.39 is 0 Å². The Morgan fingerprint density at radius 3 is 2.00 bits per heavy atom. The van der Waals surface area contributed by atoms with Crippen molar-refractivity contribution in [3.8, 4) is 0 Å². The Labute approximate surface area is 131 Å².